The molecule has 3 aromatic carbocycles. The van der Waals surface area contributed by atoms with Crippen molar-refractivity contribution in [1.82, 2.24) is 0 Å². The van der Waals surface area contributed by atoms with Crippen molar-refractivity contribution in [3.8, 4) is 17.2 Å². The predicted molar refractivity (Wildman–Crippen MR) is 148 cm³/mol. The summed E-state index contributed by atoms with van der Waals surface area (Å²) >= 11 is 13.0. The Balaban J connectivity index is 1.90. The van der Waals surface area contributed by atoms with E-state index in [-0.39, 0.29) is 34.3 Å². The van der Waals surface area contributed by atoms with Gasteiger partial charge in [0, 0.05) is 34.5 Å². The van der Waals surface area contributed by atoms with Crippen molar-refractivity contribution < 1.29 is 34.4 Å². The van der Waals surface area contributed by atoms with Crippen LogP contribution in [-0.2, 0) is 13.0 Å². The number of ether oxygens (including phenoxy) is 2. The van der Waals surface area contributed by atoms with Crippen molar-refractivity contribution in [1.29, 1.82) is 0 Å². The molecule has 1 aromatic heterocycles. The summed E-state index contributed by atoms with van der Waals surface area (Å²) in [6.45, 7) is 0.274. The van der Waals surface area contributed by atoms with E-state index in [0.29, 0.717) is 28.3 Å². The third-order valence-corrected chi connectivity index (χ3v) is 7.04. The molecule has 1 heterocycles. The molecule has 0 fully saturated rings. The lowest BCUT2D eigenvalue weighted by Crippen LogP contribution is -2.29. The molecule has 0 saturated carbocycles. The number of anilines is 1. The van der Waals surface area contributed by atoms with Crippen molar-refractivity contribution in [3.63, 3.8) is 0 Å². The summed E-state index contributed by atoms with van der Waals surface area (Å²) in [5.74, 6) is -0.520. The minimum Gasteiger partial charge on any atom is -0.508 e. The Morgan fingerprint density at radius 1 is 0.974 bits per heavy atom. The van der Waals surface area contributed by atoms with Crippen LogP contribution in [-0.4, -0.2) is 35.6 Å². The van der Waals surface area contributed by atoms with Crippen LogP contribution in [0.1, 0.15) is 38.5 Å². The average Bonchev–Trinajstić information content (AvgIpc) is 2.91. The second kappa shape index (κ2) is 12.1. The van der Waals surface area contributed by atoms with Gasteiger partial charge in [-0.3, -0.25) is 5.21 Å². The maximum absolute atomic E-state index is 12.5. The van der Waals surface area contributed by atoms with Crippen LogP contribution >= 0.6 is 23.2 Å². The molecule has 0 amide bonds. The molecule has 0 saturated heterocycles. The highest BCUT2D eigenvalue weighted by Crippen LogP contribution is 2.40. The van der Waals surface area contributed by atoms with E-state index < -0.39 is 11.9 Å². The van der Waals surface area contributed by atoms with Crippen LogP contribution < -0.4 is 19.5 Å². The molecule has 4 rings (SSSR count). The van der Waals surface area contributed by atoms with Gasteiger partial charge in [-0.25, -0.2) is 4.79 Å². The van der Waals surface area contributed by atoms with E-state index in [1.165, 1.54) is 26.6 Å². The molecular formula is C29H27Cl2N2O6+. The Kier molecular flexibility index (Phi) is 8.69. The van der Waals surface area contributed by atoms with Gasteiger partial charge in [0.25, 0.3) is 0 Å². The quantitative estimate of drug-likeness (QED) is 0.138. The average molecular weight is 570 g/mol. The fraction of sp³-hybridized carbons (Fsp3) is 0.172. The largest absolute Gasteiger partial charge is 0.508 e. The van der Waals surface area contributed by atoms with E-state index in [1.54, 1.807) is 48.5 Å². The van der Waals surface area contributed by atoms with Crippen molar-refractivity contribution in [2.75, 3.05) is 19.5 Å². The smallest absolute Gasteiger partial charge is 0.335 e. The van der Waals surface area contributed by atoms with Crippen LogP contribution in [0.2, 0.25) is 10.0 Å². The van der Waals surface area contributed by atoms with Gasteiger partial charge in [0.2, 0.25) is 12.4 Å². The van der Waals surface area contributed by atoms with Crippen LogP contribution in [0.3, 0.4) is 0 Å². The first-order chi connectivity index (χ1) is 18.7. The number of benzene rings is 3. The van der Waals surface area contributed by atoms with Gasteiger partial charge in [-0.2, -0.15) is 0 Å². The van der Waals surface area contributed by atoms with Gasteiger partial charge in [0.15, 0.2) is 11.5 Å². The van der Waals surface area contributed by atoms with E-state index in [1.807, 2.05) is 12.1 Å². The molecule has 0 unspecified atom stereocenters. The lowest BCUT2D eigenvalue weighted by atomic mass is 9.81. The number of phenols is 1. The topological polar surface area (TPSA) is 112 Å². The van der Waals surface area contributed by atoms with Crippen molar-refractivity contribution in [3.05, 3.63) is 111 Å². The van der Waals surface area contributed by atoms with Gasteiger partial charge in [0.05, 0.1) is 19.8 Å². The highest BCUT2D eigenvalue weighted by Gasteiger charge is 2.28. The zero-order chi connectivity index (χ0) is 28.1. The predicted octanol–water partition coefficient (Wildman–Crippen LogP) is 5.93. The Labute approximate surface area is 235 Å². The molecule has 8 nitrogen and oxygen atoms in total. The number of halogens is 2. The van der Waals surface area contributed by atoms with Gasteiger partial charge < -0.3 is 25.0 Å². The highest BCUT2D eigenvalue weighted by atomic mass is 35.5. The number of aromatic hydroxyl groups is 1. The number of nitrogens with zero attached hydrogens (tertiary/aromatic N) is 1. The van der Waals surface area contributed by atoms with Gasteiger partial charge in [-0.05, 0) is 53.4 Å². The van der Waals surface area contributed by atoms with Crippen molar-refractivity contribution >= 4 is 34.9 Å². The number of aromatic carboxylic acids is 1. The van der Waals surface area contributed by atoms with Crippen LogP contribution in [0, 0.1) is 0 Å². The monoisotopic (exact) mass is 569 g/mol. The van der Waals surface area contributed by atoms with Crippen LogP contribution in [0.15, 0.2) is 73.1 Å². The third-order valence-electron chi connectivity index (χ3n) is 6.39. The van der Waals surface area contributed by atoms with E-state index in [4.69, 9.17) is 32.7 Å². The lowest BCUT2D eigenvalue weighted by molar-refractivity contribution is -0.904. The maximum atomic E-state index is 12.5. The van der Waals surface area contributed by atoms with Gasteiger partial charge in [-0.15, -0.1) is 0 Å². The summed E-state index contributed by atoms with van der Waals surface area (Å²) in [6.07, 6.45) is 2.86. The molecular weight excluding hydrogens is 543 g/mol. The number of phenolic OH excluding ortho intramolecular Hbond substituents is 1. The van der Waals surface area contributed by atoms with Gasteiger partial charge >= 0.3 is 5.97 Å². The fourth-order valence-corrected chi connectivity index (χ4v) is 5.18. The normalized spacial score (nSPS) is 11.6. The number of carboxylic acid groups (broad SMARTS) is 1. The summed E-state index contributed by atoms with van der Waals surface area (Å²) in [4.78, 5) is 12.5. The number of nitrogens with one attached hydrogen (secondary N) is 1. The number of aromatic nitrogens is 1. The first-order valence-corrected chi connectivity index (χ1v) is 12.7. The summed E-state index contributed by atoms with van der Waals surface area (Å²) in [6, 6.07) is 17.2. The number of hydrogen-bond donors (Lipinski definition) is 4. The third kappa shape index (κ3) is 6.30. The second-order valence-electron chi connectivity index (χ2n) is 8.77. The Hall–Kier alpha value is -4.14. The number of pyridine rings is 1. The molecule has 1 atom stereocenters. The standard InChI is InChI=1S/C29H26Cl2N2O6/c1-38-26-10-9-17(11-27(26)39-2)22(13-23-24(30)15-33(37)16-25(23)31)28-18(5-3-8-21(28)29(35)36)14-32-19-6-4-7-20(34)12-19/h3-12,15-16,22,32H,13-14H2,1-2H3,(H2-,34,35,36,37)/p+1/t22-/m0/s1. The molecule has 0 bridgehead atoms. The lowest BCUT2D eigenvalue weighted by Gasteiger charge is -2.25. The van der Waals surface area contributed by atoms with Crippen LogP contribution in [0.5, 0.6) is 17.2 Å². The highest BCUT2D eigenvalue weighted by molar-refractivity contribution is 6.35. The maximum Gasteiger partial charge on any atom is 0.335 e. The Bertz CT molecular complexity index is 1490. The van der Waals surface area contributed by atoms with Crippen molar-refractivity contribution in [2.45, 2.75) is 18.9 Å². The first-order valence-electron chi connectivity index (χ1n) is 11.9. The van der Waals surface area contributed by atoms with Crippen LogP contribution in [0.4, 0.5) is 5.69 Å². The summed E-state index contributed by atoms with van der Waals surface area (Å²) in [5.41, 5.74) is 3.34. The number of rotatable bonds is 10. The molecule has 4 N–H and O–H groups in total. The molecule has 0 aliphatic carbocycles. The number of carboxylic acids is 1. The number of carbonyl (C=O) groups is 1. The zero-order valence-corrected chi connectivity index (χ0v) is 22.7. The summed E-state index contributed by atoms with van der Waals surface area (Å²) in [7, 11) is 3.06. The molecule has 0 aliphatic heterocycles. The summed E-state index contributed by atoms with van der Waals surface area (Å²) < 4.78 is 11.7. The first kappa shape index (κ1) is 27.9. The van der Waals surface area contributed by atoms with E-state index in [9.17, 15) is 20.2 Å². The molecule has 39 heavy (non-hydrogen) atoms. The molecule has 202 valence electrons. The van der Waals surface area contributed by atoms with E-state index in [0.717, 1.165) is 15.9 Å². The zero-order valence-electron chi connectivity index (χ0n) is 21.2. The molecule has 10 heteroatoms. The van der Waals surface area contributed by atoms with Crippen molar-refractivity contribution in [2.24, 2.45) is 0 Å². The Morgan fingerprint density at radius 3 is 2.31 bits per heavy atom. The number of methoxy groups -OCH3 is 2. The molecule has 0 radical (unpaired) electrons. The molecule has 4 aromatic rings. The summed E-state index contributed by atoms with van der Waals surface area (Å²) in [5, 5.41) is 33.7. The minimum atomic E-state index is -1.09. The SMILES string of the molecule is COc1ccc([C@H](Cc2c(Cl)c[n+](O)cc2Cl)c2c(CNc3cccc(O)c3)cccc2C(=O)O)cc1OC. The molecule has 0 spiro atoms. The van der Waals surface area contributed by atoms with E-state index >= 15 is 0 Å². The van der Waals surface area contributed by atoms with Crippen LogP contribution in [0.25, 0.3) is 0 Å². The number of hydrogen-bond acceptors (Lipinski definition) is 6. The fourth-order valence-electron chi connectivity index (χ4n) is 4.57. The Morgan fingerprint density at radius 2 is 1.67 bits per heavy atom. The van der Waals surface area contributed by atoms with E-state index in [2.05, 4.69) is 5.32 Å². The molecule has 0 aliphatic rings. The van der Waals surface area contributed by atoms with Gasteiger partial charge in [-0.1, -0.05) is 47.5 Å². The minimum absolute atomic E-state index is 0.109. The van der Waals surface area contributed by atoms with Gasteiger partial charge in [0.1, 0.15) is 15.8 Å². The second-order valence-corrected chi connectivity index (χ2v) is 9.59.